The van der Waals surface area contributed by atoms with Crippen LogP contribution < -0.4 is 10.6 Å². The van der Waals surface area contributed by atoms with Gasteiger partial charge in [-0.3, -0.25) is 5.41 Å². The first-order valence-corrected chi connectivity index (χ1v) is 6.71. The molecule has 1 fully saturated rings. The molecule has 19 heavy (non-hydrogen) atoms. The minimum atomic E-state index is 0.0612. The van der Waals surface area contributed by atoms with Crippen LogP contribution in [-0.2, 0) is 0 Å². The normalized spacial score (nSPS) is 19.5. The topological polar surface area (TPSA) is 86.2 Å². The lowest BCUT2D eigenvalue weighted by molar-refractivity contribution is 0.208. The van der Waals surface area contributed by atoms with E-state index in [0.717, 1.165) is 48.6 Å². The van der Waals surface area contributed by atoms with E-state index in [-0.39, 0.29) is 18.4 Å². The highest BCUT2D eigenvalue weighted by atomic mass is 16.3. The molecule has 104 valence electrons. The summed E-state index contributed by atoms with van der Waals surface area (Å²) in [6.45, 7) is 5.81. The number of pyridine rings is 1. The van der Waals surface area contributed by atoms with Crippen LogP contribution in [0.1, 0.15) is 29.7 Å². The molecular weight excluding hydrogens is 240 g/mol. The lowest BCUT2D eigenvalue weighted by atomic mass is 9.98. The summed E-state index contributed by atoms with van der Waals surface area (Å²) in [6, 6.07) is 1.95. The quantitative estimate of drug-likeness (QED) is 0.564. The van der Waals surface area contributed by atoms with Crippen LogP contribution in [0.15, 0.2) is 6.07 Å². The van der Waals surface area contributed by atoms with Crippen molar-refractivity contribution in [2.45, 2.75) is 26.7 Å². The summed E-state index contributed by atoms with van der Waals surface area (Å²) in [5, 5.41) is 17.1. The van der Waals surface area contributed by atoms with Crippen molar-refractivity contribution in [2.24, 2.45) is 11.7 Å². The number of nitrogen functional groups attached to an aromatic ring is 1. The summed E-state index contributed by atoms with van der Waals surface area (Å²) < 4.78 is 0. The Morgan fingerprint density at radius 3 is 2.95 bits per heavy atom. The van der Waals surface area contributed by atoms with E-state index in [0.29, 0.717) is 0 Å². The first-order valence-electron chi connectivity index (χ1n) is 6.71. The van der Waals surface area contributed by atoms with Crippen LogP contribution in [0.4, 0.5) is 5.82 Å². The summed E-state index contributed by atoms with van der Waals surface area (Å²) in [4.78, 5) is 6.72. The van der Waals surface area contributed by atoms with E-state index in [1.165, 1.54) is 0 Å². The number of amidine groups is 1. The van der Waals surface area contributed by atoms with Crippen LogP contribution >= 0.6 is 0 Å². The molecule has 1 saturated heterocycles. The van der Waals surface area contributed by atoms with Crippen molar-refractivity contribution in [1.82, 2.24) is 4.98 Å². The van der Waals surface area contributed by atoms with Gasteiger partial charge in [0.1, 0.15) is 11.7 Å². The summed E-state index contributed by atoms with van der Waals surface area (Å²) in [5.41, 5.74) is 8.35. The maximum absolute atomic E-state index is 9.33. The van der Waals surface area contributed by atoms with Crippen molar-refractivity contribution in [1.29, 1.82) is 5.41 Å². The van der Waals surface area contributed by atoms with Crippen molar-refractivity contribution < 1.29 is 5.11 Å². The number of nitrogens with two attached hydrogens (primary N) is 1. The van der Waals surface area contributed by atoms with E-state index >= 15 is 0 Å². The second-order valence-corrected chi connectivity index (χ2v) is 5.33. The standard InChI is InChI=1S/C14H22N4O/c1-9-6-10(2)17-14(12(9)13(15)16)18-5-3-4-11(7-18)8-19/h6,11,19H,3-5,7-8H2,1-2H3,(H3,15,16). The molecule has 0 amide bonds. The molecule has 2 heterocycles. The van der Waals surface area contributed by atoms with Gasteiger partial charge in [0.15, 0.2) is 0 Å². The van der Waals surface area contributed by atoms with E-state index in [9.17, 15) is 5.11 Å². The Morgan fingerprint density at radius 2 is 2.32 bits per heavy atom. The fourth-order valence-electron chi connectivity index (χ4n) is 2.79. The number of aryl methyl sites for hydroxylation is 2. The van der Waals surface area contributed by atoms with Crippen LogP contribution in [0.5, 0.6) is 0 Å². The van der Waals surface area contributed by atoms with E-state index < -0.39 is 0 Å². The third kappa shape index (κ3) is 2.87. The molecule has 5 nitrogen and oxygen atoms in total. The molecule has 0 radical (unpaired) electrons. The summed E-state index contributed by atoms with van der Waals surface area (Å²) in [6.07, 6.45) is 2.09. The van der Waals surface area contributed by atoms with Gasteiger partial charge in [-0.05, 0) is 44.2 Å². The first kappa shape index (κ1) is 13.8. The zero-order valence-electron chi connectivity index (χ0n) is 11.6. The SMILES string of the molecule is Cc1cc(C)c(C(=N)N)c(N2CCCC(CO)C2)n1. The van der Waals surface area contributed by atoms with Crippen molar-refractivity contribution in [3.63, 3.8) is 0 Å². The van der Waals surface area contributed by atoms with Gasteiger partial charge in [-0.2, -0.15) is 0 Å². The summed E-state index contributed by atoms with van der Waals surface area (Å²) in [5.74, 6) is 1.14. The number of rotatable bonds is 3. The molecule has 5 heteroatoms. The van der Waals surface area contributed by atoms with Crippen LogP contribution in [0, 0.1) is 25.2 Å². The monoisotopic (exact) mass is 262 g/mol. The molecule has 1 aliphatic heterocycles. The Bertz CT molecular complexity index is 487. The Kier molecular flexibility index (Phi) is 4.04. The third-order valence-electron chi connectivity index (χ3n) is 3.67. The maximum Gasteiger partial charge on any atom is 0.140 e. The molecule has 1 aromatic heterocycles. The highest BCUT2D eigenvalue weighted by molar-refractivity contribution is 6.01. The van der Waals surface area contributed by atoms with Gasteiger partial charge in [0.05, 0.1) is 5.56 Å². The second kappa shape index (κ2) is 5.57. The van der Waals surface area contributed by atoms with Gasteiger partial charge in [0.2, 0.25) is 0 Å². The molecule has 4 N–H and O–H groups in total. The lowest BCUT2D eigenvalue weighted by Crippen LogP contribution is -2.38. The van der Waals surface area contributed by atoms with Crippen LogP contribution in [0.25, 0.3) is 0 Å². The minimum absolute atomic E-state index is 0.0612. The lowest BCUT2D eigenvalue weighted by Gasteiger charge is -2.34. The third-order valence-corrected chi connectivity index (χ3v) is 3.67. The number of nitrogens with zero attached hydrogens (tertiary/aromatic N) is 2. The zero-order chi connectivity index (χ0) is 14.0. The van der Waals surface area contributed by atoms with Crippen molar-refractivity contribution in [2.75, 3.05) is 24.6 Å². The first-order chi connectivity index (χ1) is 9.02. The Hall–Kier alpha value is -1.62. The Balaban J connectivity index is 2.40. The average Bonchev–Trinajstić information content (AvgIpc) is 2.37. The molecule has 0 spiro atoms. The molecule has 0 saturated carbocycles. The number of hydrogen-bond donors (Lipinski definition) is 3. The van der Waals surface area contributed by atoms with E-state index in [2.05, 4.69) is 9.88 Å². The predicted octanol–water partition coefficient (Wildman–Crippen LogP) is 1.19. The van der Waals surface area contributed by atoms with Gasteiger partial charge in [-0.25, -0.2) is 4.98 Å². The zero-order valence-corrected chi connectivity index (χ0v) is 11.6. The Labute approximate surface area is 114 Å². The van der Waals surface area contributed by atoms with Crippen LogP contribution in [0.2, 0.25) is 0 Å². The average molecular weight is 262 g/mol. The fraction of sp³-hybridized carbons (Fsp3) is 0.571. The fourth-order valence-corrected chi connectivity index (χ4v) is 2.79. The number of anilines is 1. The van der Waals surface area contributed by atoms with Gasteiger partial charge < -0.3 is 15.7 Å². The molecule has 1 aliphatic rings. The highest BCUT2D eigenvalue weighted by Gasteiger charge is 2.24. The molecule has 1 atom stereocenters. The molecule has 1 unspecified atom stereocenters. The molecular formula is C14H22N4O. The molecule has 1 aromatic rings. The van der Waals surface area contributed by atoms with Crippen molar-refractivity contribution in [3.05, 3.63) is 22.9 Å². The van der Waals surface area contributed by atoms with Gasteiger partial charge in [-0.1, -0.05) is 0 Å². The summed E-state index contributed by atoms with van der Waals surface area (Å²) in [7, 11) is 0. The second-order valence-electron chi connectivity index (χ2n) is 5.33. The van der Waals surface area contributed by atoms with E-state index in [1.54, 1.807) is 0 Å². The molecule has 0 bridgehead atoms. The Morgan fingerprint density at radius 1 is 1.58 bits per heavy atom. The number of aliphatic hydroxyl groups excluding tert-OH is 1. The van der Waals surface area contributed by atoms with Gasteiger partial charge in [0, 0.05) is 25.4 Å². The number of hydrogen-bond acceptors (Lipinski definition) is 4. The maximum atomic E-state index is 9.33. The van der Waals surface area contributed by atoms with Crippen molar-refractivity contribution >= 4 is 11.7 Å². The van der Waals surface area contributed by atoms with Gasteiger partial charge >= 0.3 is 0 Å². The van der Waals surface area contributed by atoms with E-state index in [4.69, 9.17) is 11.1 Å². The number of aliphatic hydroxyl groups is 1. The molecule has 2 rings (SSSR count). The predicted molar refractivity (Wildman–Crippen MR) is 76.7 cm³/mol. The summed E-state index contributed by atoms with van der Waals surface area (Å²) >= 11 is 0. The smallest absolute Gasteiger partial charge is 0.140 e. The highest BCUT2D eigenvalue weighted by Crippen LogP contribution is 2.26. The largest absolute Gasteiger partial charge is 0.396 e. The van der Waals surface area contributed by atoms with Gasteiger partial charge in [0.25, 0.3) is 0 Å². The van der Waals surface area contributed by atoms with Gasteiger partial charge in [-0.15, -0.1) is 0 Å². The minimum Gasteiger partial charge on any atom is -0.396 e. The van der Waals surface area contributed by atoms with Crippen molar-refractivity contribution in [3.8, 4) is 0 Å². The van der Waals surface area contributed by atoms with Crippen LogP contribution in [0.3, 0.4) is 0 Å². The number of piperidine rings is 1. The molecule has 0 aliphatic carbocycles. The number of nitrogens with one attached hydrogen (secondary N) is 1. The number of aromatic nitrogens is 1. The van der Waals surface area contributed by atoms with Crippen LogP contribution in [-0.4, -0.2) is 35.6 Å². The van der Waals surface area contributed by atoms with E-state index in [1.807, 2.05) is 19.9 Å². The molecule has 0 aromatic carbocycles.